The summed E-state index contributed by atoms with van der Waals surface area (Å²) < 4.78 is 40.2. The molecule has 0 unspecified atom stereocenters. The Balaban J connectivity index is 1.88. The average Bonchev–Trinajstić information content (AvgIpc) is 3.11. The number of nitrogens with one attached hydrogen (secondary N) is 1. The molecule has 0 aliphatic heterocycles. The minimum atomic E-state index is -4.74. The lowest BCUT2D eigenvalue weighted by Gasteiger charge is -2.11. The van der Waals surface area contributed by atoms with Crippen molar-refractivity contribution in [3.63, 3.8) is 0 Å². The second-order valence-corrected chi connectivity index (χ2v) is 6.29. The van der Waals surface area contributed by atoms with E-state index in [-0.39, 0.29) is 17.4 Å². The average molecular weight is 391 g/mol. The topological polar surface area (TPSA) is 98.5 Å². The van der Waals surface area contributed by atoms with Crippen LogP contribution in [0.3, 0.4) is 0 Å². The van der Waals surface area contributed by atoms with E-state index >= 15 is 0 Å². The zero-order chi connectivity index (χ0) is 20.5. The summed E-state index contributed by atoms with van der Waals surface area (Å²) in [6.07, 6.45) is -4.74. The van der Waals surface area contributed by atoms with Crippen LogP contribution in [0, 0.1) is 6.92 Å². The summed E-state index contributed by atoms with van der Waals surface area (Å²) in [7, 11) is 0. The summed E-state index contributed by atoms with van der Waals surface area (Å²) in [6, 6.07) is 7.87. The molecule has 3 aromatic rings. The Kier molecular flexibility index (Phi) is 5.08. The monoisotopic (exact) mass is 391 g/mol. The molecule has 0 atom stereocenters. The van der Waals surface area contributed by atoms with Gasteiger partial charge in [0.2, 0.25) is 5.82 Å². The molecule has 146 valence electrons. The maximum absolute atomic E-state index is 12.9. The highest BCUT2D eigenvalue weighted by atomic mass is 19.4. The van der Waals surface area contributed by atoms with Gasteiger partial charge in [-0.25, -0.2) is 14.6 Å². The zero-order valence-electron chi connectivity index (χ0n) is 15.2. The van der Waals surface area contributed by atoms with E-state index in [2.05, 4.69) is 30.8 Å². The van der Waals surface area contributed by atoms with Crippen LogP contribution in [0.2, 0.25) is 0 Å². The van der Waals surface area contributed by atoms with Crippen molar-refractivity contribution < 1.29 is 18.0 Å². The SMILES string of the molecule is Cc1cc(C(=O)Nc2cccc(-c3nnnn3C(C)C)c2)nc(C(F)(F)F)n1. The molecule has 3 rings (SSSR count). The standard InChI is InChI=1S/C17H16F3N7O/c1-9(2)27-14(24-25-26-27)11-5-4-6-12(8-11)22-15(28)13-7-10(3)21-16(23-13)17(18,19)20/h4-9H,1-3H3,(H,22,28). The number of hydrogen-bond acceptors (Lipinski definition) is 6. The van der Waals surface area contributed by atoms with Crippen molar-refractivity contribution in [1.29, 1.82) is 0 Å². The van der Waals surface area contributed by atoms with Crippen LogP contribution in [0.25, 0.3) is 11.4 Å². The molecule has 2 heterocycles. The molecule has 0 fully saturated rings. The molecule has 1 amide bonds. The minimum absolute atomic E-state index is 0.0213. The van der Waals surface area contributed by atoms with Crippen molar-refractivity contribution in [2.24, 2.45) is 0 Å². The molecule has 1 aromatic carbocycles. The predicted molar refractivity (Wildman–Crippen MR) is 93.4 cm³/mol. The van der Waals surface area contributed by atoms with Crippen LogP contribution in [0.4, 0.5) is 18.9 Å². The lowest BCUT2D eigenvalue weighted by molar-refractivity contribution is -0.145. The molecule has 11 heteroatoms. The van der Waals surface area contributed by atoms with Gasteiger partial charge >= 0.3 is 6.18 Å². The Morgan fingerprint density at radius 1 is 1.18 bits per heavy atom. The maximum atomic E-state index is 12.9. The number of anilines is 1. The Morgan fingerprint density at radius 3 is 2.61 bits per heavy atom. The number of rotatable bonds is 4. The van der Waals surface area contributed by atoms with Crippen LogP contribution in [0.1, 0.15) is 41.9 Å². The van der Waals surface area contributed by atoms with Crippen molar-refractivity contribution in [2.75, 3.05) is 5.32 Å². The van der Waals surface area contributed by atoms with E-state index < -0.39 is 17.9 Å². The van der Waals surface area contributed by atoms with Gasteiger partial charge < -0.3 is 5.32 Å². The van der Waals surface area contributed by atoms with E-state index in [0.29, 0.717) is 17.1 Å². The number of benzene rings is 1. The number of amides is 1. The van der Waals surface area contributed by atoms with E-state index in [9.17, 15) is 18.0 Å². The fraction of sp³-hybridized carbons (Fsp3) is 0.294. The third-order valence-electron chi connectivity index (χ3n) is 3.70. The van der Waals surface area contributed by atoms with E-state index in [1.807, 2.05) is 13.8 Å². The third-order valence-corrected chi connectivity index (χ3v) is 3.70. The first-order valence-corrected chi connectivity index (χ1v) is 8.27. The smallest absolute Gasteiger partial charge is 0.321 e. The first kappa shape index (κ1) is 19.4. The number of carbonyl (C=O) groups excluding carboxylic acids is 1. The Hall–Kier alpha value is -3.37. The number of carbonyl (C=O) groups is 1. The number of nitrogens with zero attached hydrogens (tertiary/aromatic N) is 6. The van der Waals surface area contributed by atoms with Crippen LogP contribution < -0.4 is 5.32 Å². The molecule has 0 aliphatic rings. The number of halogens is 3. The number of aromatic nitrogens is 6. The van der Waals surface area contributed by atoms with E-state index in [4.69, 9.17) is 0 Å². The quantitative estimate of drug-likeness (QED) is 0.733. The second-order valence-electron chi connectivity index (χ2n) is 6.29. The number of tetrazole rings is 1. The van der Waals surface area contributed by atoms with Crippen LogP contribution in [0.5, 0.6) is 0 Å². The van der Waals surface area contributed by atoms with Crippen LogP contribution in [0.15, 0.2) is 30.3 Å². The molecule has 0 saturated heterocycles. The first-order valence-electron chi connectivity index (χ1n) is 8.27. The predicted octanol–water partition coefficient (Wildman–Crippen LogP) is 3.29. The van der Waals surface area contributed by atoms with Crippen molar-refractivity contribution >= 4 is 11.6 Å². The molecule has 0 bridgehead atoms. The summed E-state index contributed by atoms with van der Waals surface area (Å²) in [5.41, 5.74) is 0.673. The van der Waals surface area contributed by atoms with Crippen molar-refractivity contribution in [1.82, 2.24) is 30.2 Å². The molecule has 0 radical (unpaired) electrons. The van der Waals surface area contributed by atoms with E-state index in [1.54, 1.807) is 28.9 Å². The molecular formula is C17H16F3N7O. The zero-order valence-corrected chi connectivity index (χ0v) is 15.2. The van der Waals surface area contributed by atoms with Gasteiger partial charge in [-0.1, -0.05) is 12.1 Å². The minimum Gasteiger partial charge on any atom is -0.321 e. The van der Waals surface area contributed by atoms with E-state index in [0.717, 1.165) is 0 Å². The lowest BCUT2D eigenvalue weighted by atomic mass is 10.1. The van der Waals surface area contributed by atoms with Crippen LogP contribution in [-0.4, -0.2) is 36.1 Å². The molecule has 0 saturated carbocycles. The normalized spacial score (nSPS) is 11.7. The van der Waals surface area contributed by atoms with Gasteiger partial charge in [0.05, 0.1) is 6.04 Å². The largest absolute Gasteiger partial charge is 0.451 e. The van der Waals surface area contributed by atoms with Gasteiger partial charge in [-0.05, 0) is 49.4 Å². The third kappa shape index (κ3) is 4.13. The Morgan fingerprint density at radius 2 is 1.93 bits per heavy atom. The summed E-state index contributed by atoms with van der Waals surface area (Å²) in [4.78, 5) is 19.1. The van der Waals surface area contributed by atoms with Gasteiger partial charge in [0.25, 0.3) is 5.91 Å². The number of hydrogen-bond donors (Lipinski definition) is 1. The van der Waals surface area contributed by atoms with Gasteiger partial charge in [0, 0.05) is 16.9 Å². The first-order chi connectivity index (χ1) is 13.1. The van der Waals surface area contributed by atoms with Gasteiger partial charge in [-0.3, -0.25) is 4.79 Å². The summed E-state index contributed by atoms with van der Waals surface area (Å²) in [5, 5.41) is 14.1. The van der Waals surface area contributed by atoms with Crippen LogP contribution in [-0.2, 0) is 6.18 Å². The van der Waals surface area contributed by atoms with Gasteiger partial charge in [-0.2, -0.15) is 13.2 Å². The van der Waals surface area contributed by atoms with Gasteiger partial charge in [0.1, 0.15) is 5.69 Å². The summed E-state index contributed by atoms with van der Waals surface area (Å²) in [5.74, 6) is -1.64. The number of alkyl halides is 3. The lowest BCUT2D eigenvalue weighted by Crippen LogP contribution is -2.19. The Bertz CT molecular complexity index is 1010. The number of aryl methyl sites for hydroxylation is 1. The fourth-order valence-electron chi connectivity index (χ4n) is 2.47. The van der Waals surface area contributed by atoms with Crippen molar-refractivity contribution in [2.45, 2.75) is 33.0 Å². The summed E-state index contributed by atoms with van der Waals surface area (Å²) >= 11 is 0. The molecule has 8 nitrogen and oxygen atoms in total. The molecule has 1 N–H and O–H groups in total. The molecular weight excluding hydrogens is 375 g/mol. The maximum Gasteiger partial charge on any atom is 0.451 e. The van der Waals surface area contributed by atoms with Crippen LogP contribution >= 0.6 is 0 Å². The van der Waals surface area contributed by atoms with Gasteiger partial charge in [-0.15, -0.1) is 5.10 Å². The molecule has 2 aromatic heterocycles. The van der Waals surface area contributed by atoms with Crippen molar-refractivity contribution in [3.8, 4) is 11.4 Å². The molecule has 0 aliphatic carbocycles. The van der Waals surface area contributed by atoms with E-state index in [1.165, 1.54) is 13.0 Å². The highest BCUT2D eigenvalue weighted by Crippen LogP contribution is 2.27. The second kappa shape index (κ2) is 7.33. The highest BCUT2D eigenvalue weighted by molar-refractivity contribution is 6.03. The molecule has 28 heavy (non-hydrogen) atoms. The summed E-state index contributed by atoms with van der Waals surface area (Å²) in [6.45, 7) is 5.20. The van der Waals surface area contributed by atoms with Crippen molar-refractivity contribution in [3.05, 3.63) is 47.5 Å². The Labute approximate surface area is 157 Å². The van der Waals surface area contributed by atoms with Gasteiger partial charge in [0.15, 0.2) is 5.82 Å². The fourth-order valence-corrected chi connectivity index (χ4v) is 2.47. The highest BCUT2D eigenvalue weighted by Gasteiger charge is 2.35. The molecule has 0 spiro atoms.